The molecule has 0 bridgehead atoms. The van der Waals surface area contributed by atoms with Crippen LogP contribution in [-0.4, -0.2) is 23.9 Å². The molecule has 1 N–H and O–H groups in total. The molecule has 1 fully saturated rings. The molecule has 0 aromatic heterocycles. The second-order valence-electron chi connectivity index (χ2n) is 8.03. The number of hydrogen-bond donors (Lipinski definition) is 1. The third-order valence-corrected chi connectivity index (χ3v) is 7.11. The first-order valence-corrected chi connectivity index (χ1v) is 11.7. The maximum Gasteiger partial charge on any atom is 0.230 e. The van der Waals surface area contributed by atoms with Crippen molar-refractivity contribution in [2.75, 3.05) is 12.4 Å². The van der Waals surface area contributed by atoms with Crippen LogP contribution in [0.4, 0.5) is 4.39 Å². The van der Waals surface area contributed by atoms with Crippen LogP contribution in [-0.2, 0) is 11.3 Å². The van der Waals surface area contributed by atoms with Crippen molar-refractivity contribution in [3.63, 3.8) is 0 Å². The number of halogens is 1. The molecule has 4 rings (SSSR count). The Labute approximate surface area is 181 Å². The number of thioether (sulfide) groups is 1. The molecule has 30 heavy (non-hydrogen) atoms. The van der Waals surface area contributed by atoms with Gasteiger partial charge in [-0.3, -0.25) is 4.79 Å². The van der Waals surface area contributed by atoms with Crippen LogP contribution in [0.25, 0.3) is 0 Å². The Morgan fingerprint density at radius 2 is 2.00 bits per heavy atom. The van der Waals surface area contributed by atoms with E-state index in [-0.39, 0.29) is 22.6 Å². The molecule has 1 heterocycles. The maximum atomic E-state index is 13.0. The van der Waals surface area contributed by atoms with Gasteiger partial charge >= 0.3 is 0 Å². The fourth-order valence-electron chi connectivity index (χ4n) is 4.35. The first-order chi connectivity index (χ1) is 14.6. The highest BCUT2D eigenvalue weighted by Gasteiger charge is 2.43. The monoisotopic (exact) mass is 429 g/mol. The molecule has 1 aliphatic carbocycles. The van der Waals surface area contributed by atoms with Crippen molar-refractivity contribution >= 4 is 17.7 Å². The third-order valence-electron chi connectivity index (χ3n) is 5.86. The minimum Gasteiger partial charge on any atom is -0.494 e. The normalized spacial score (nSPS) is 19.2. The molecule has 0 saturated heterocycles. The van der Waals surface area contributed by atoms with E-state index in [9.17, 15) is 9.18 Å². The number of hydrogen-bond acceptors (Lipinski definition) is 4. The molecule has 6 heteroatoms. The van der Waals surface area contributed by atoms with E-state index in [1.807, 2.05) is 19.1 Å². The van der Waals surface area contributed by atoms with Crippen LogP contribution < -0.4 is 14.8 Å². The number of rotatable bonds is 7. The van der Waals surface area contributed by atoms with Crippen LogP contribution in [0.2, 0.25) is 0 Å². The lowest BCUT2D eigenvalue weighted by Crippen LogP contribution is -2.38. The molecule has 160 valence electrons. The number of benzene rings is 2. The Bertz CT molecular complexity index is 881. The van der Waals surface area contributed by atoms with Crippen molar-refractivity contribution < 1.29 is 18.7 Å². The van der Waals surface area contributed by atoms with Gasteiger partial charge in [-0.25, -0.2) is 4.39 Å². The first-order valence-electron chi connectivity index (χ1n) is 10.7. The maximum absolute atomic E-state index is 13.0. The average Bonchev–Trinajstić information content (AvgIpc) is 3.19. The highest BCUT2D eigenvalue weighted by Crippen LogP contribution is 2.52. The second-order valence-corrected chi connectivity index (χ2v) is 9.22. The molecular formula is C24H28FNO3S. The molecule has 4 nitrogen and oxygen atoms in total. The van der Waals surface area contributed by atoms with E-state index in [2.05, 4.69) is 11.4 Å². The molecular weight excluding hydrogens is 401 g/mol. The van der Waals surface area contributed by atoms with E-state index in [4.69, 9.17) is 9.47 Å². The van der Waals surface area contributed by atoms with E-state index in [0.717, 1.165) is 41.9 Å². The van der Waals surface area contributed by atoms with Gasteiger partial charge in [0, 0.05) is 23.8 Å². The SMILES string of the molecule is CCOc1ccc2c(c1)[C@@H](SCC(=O)NCc1ccc(F)cc1)CC1(CCCC1)O2. The zero-order valence-electron chi connectivity index (χ0n) is 17.3. The molecule has 1 spiro atoms. The minimum atomic E-state index is -0.272. The van der Waals surface area contributed by atoms with Gasteiger partial charge in [-0.2, -0.15) is 0 Å². The zero-order chi connectivity index (χ0) is 21.0. The lowest BCUT2D eigenvalue weighted by molar-refractivity contribution is -0.118. The minimum absolute atomic E-state index is 0.0150. The Kier molecular flexibility index (Phi) is 6.52. The molecule has 1 aliphatic heterocycles. The van der Waals surface area contributed by atoms with Gasteiger partial charge in [-0.1, -0.05) is 12.1 Å². The summed E-state index contributed by atoms with van der Waals surface area (Å²) in [4.78, 5) is 12.5. The number of fused-ring (bicyclic) bond motifs is 1. The van der Waals surface area contributed by atoms with Gasteiger partial charge in [0.25, 0.3) is 0 Å². The Morgan fingerprint density at radius 3 is 2.73 bits per heavy atom. The van der Waals surface area contributed by atoms with E-state index in [1.54, 1.807) is 23.9 Å². The topological polar surface area (TPSA) is 47.6 Å². The molecule has 2 aromatic carbocycles. The predicted molar refractivity (Wildman–Crippen MR) is 118 cm³/mol. The summed E-state index contributed by atoms with van der Waals surface area (Å²) in [5.41, 5.74) is 1.91. The summed E-state index contributed by atoms with van der Waals surface area (Å²) >= 11 is 1.67. The first kappa shape index (κ1) is 21.0. The number of carbonyl (C=O) groups excluding carboxylic acids is 1. The van der Waals surface area contributed by atoms with Gasteiger partial charge in [0.05, 0.1) is 12.4 Å². The molecule has 1 atom stereocenters. The zero-order valence-corrected chi connectivity index (χ0v) is 18.1. The van der Waals surface area contributed by atoms with Crippen LogP contribution in [0.5, 0.6) is 11.5 Å². The number of nitrogens with one attached hydrogen (secondary N) is 1. The van der Waals surface area contributed by atoms with Gasteiger partial charge in [-0.15, -0.1) is 11.8 Å². The molecule has 2 aliphatic rings. The Balaban J connectivity index is 1.42. The average molecular weight is 430 g/mol. The van der Waals surface area contributed by atoms with Crippen molar-refractivity contribution in [1.82, 2.24) is 5.32 Å². The number of amides is 1. The molecule has 2 aromatic rings. The Morgan fingerprint density at radius 1 is 1.23 bits per heavy atom. The Hall–Kier alpha value is -2.21. The molecule has 1 amide bonds. The summed E-state index contributed by atoms with van der Waals surface area (Å²) in [5.74, 6) is 1.86. The summed E-state index contributed by atoms with van der Waals surface area (Å²) in [6.07, 6.45) is 5.47. The fourth-order valence-corrected chi connectivity index (χ4v) is 5.59. The highest BCUT2D eigenvalue weighted by atomic mass is 32.2. The second kappa shape index (κ2) is 9.29. The van der Waals surface area contributed by atoms with Crippen LogP contribution in [0, 0.1) is 5.82 Å². The smallest absolute Gasteiger partial charge is 0.230 e. The lowest BCUT2D eigenvalue weighted by atomic mass is 9.89. The number of carbonyl (C=O) groups is 1. The standard InChI is InChI=1S/C24H28FNO3S/c1-2-28-19-9-10-21-20(13-19)22(14-24(29-21)11-3-4-12-24)30-16-23(27)26-15-17-5-7-18(25)8-6-17/h5-10,13,22H,2-4,11-12,14-16H2,1H3,(H,26,27)/t22-/m0/s1. The molecule has 1 saturated carbocycles. The fraction of sp³-hybridized carbons (Fsp3) is 0.458. The lowest BCUT2D eigenvalue weighted by Gasteiger charge is -2.40. The van der Waals surface area contributed by atoms with Gasteiger partial charge in [0.2, 0.25) is 5.91 Å². The van der Waals surface area contributed by atoms with Gasteiger partial charge in [0.1, 0.15) is 22.9 Å². The quantitative estimate of drug-likeness (QED) is 0.639. The summed E-state index contributed by atoms with van der Waals surface area (Å²) in [5, 5.41) is 3.13. The van der Waals surface area contributed by atoms with Crippen LogP contribution >= 0.6 is 11.8 Å². The van der Waals surface area contributed by atoms with Crippen molar-refractivity contribution in [1.29, 1.82) is 0 Å². The van der Waals surface area contributed by atoms with E-state index >= 15 is 0 Å². The van der Waals surface area contributed by atoms with Crippen molar-refractivity contribution in [2.24, 2.45) is 0 Å². The molecule has 0 radical (unpaired) electrons. The largest absolute Gasteiger partial charge is 0.494 e. The summed E-state index contributed by atoms with van der Waals surface area (Å²) in [6, 6.07) is 12.2. The van der Waals surface area contributed by atoms with Crippen LogP contribution in [0.15, 0.2) is 42.5 Å². The van der Waals surface area contributed by atoms with E-state index in [0.29, 0.717) is 18.9 Å². The summed E-state index contributed by atoms with van der Waals surface area (Å²) in [6.45, 7) is 3.00. The van der Waals surface area contributed by atoms with E-state index < -0.39 is 0 Å². The van der Waals surface area contributed by atoms with Gasteiger partial charge < -0.3 is 14.8 Å². The van der Waals surface area contributed by atoms with Crippen molar-refractivity contribution in [2.45, 2.75) is 56.4 Å². The summed E-state index contributed by atoms with van der Waals surface area (Å²) in [7, 11) is 0. The molecule has 0 unspecified atom stereocenters. The highest BCUT2D eigenvalue weighted by molar-refractivity contribution is 8.00. The van der Waals surface area contributed by atoms with Crippen molar-refractivity contribution in [3.8, 4) is 11.5 Å². The van der Waals surface area contributed by atoms with Gasteiger partial charge in [-0.05, 0) is 68.5 Å². The van der Waals surface area contributed by atoms with Crippen LogP contribution in [0.1, 0.15) is 55.4 Å². The van der Waals surface area contributed by atoms with Crippen molar-refractivity contribution in [3.05, 3.63) is 59.4 Å². The van der Waals surface area contributed by atoms with Crippen LogP contribution in [0.3, 0.4) is 0 Å². The predicted octanol–water partition coefficient (Wildman–Crippen LogP) is 5.41. The number of ether oxygens (including phenoxy) is 2. The summed E-state index contributed by atoms with van der Waals surface area (Å²) < 4.78 is 25.2. The third kappa shape index (κ3) is 4.91. The van der Waals surface area contributed by atoms with Gasteiger partial charge in [0.15, 0.2) is 0 Å². The van der Waals surface area contributed by atoms with E-state index in [1.165, 1.54) is 25.0 Å².